The van der Waals surface area contributed by atoms with Crippen LogP contribution in [0, 0.1) is 5.92 Å². The number of allylic oxidation sites excluding steroid dienone is 4. The molecule has 0 saturated heterocycles. The van der Waals surface area contributed by atoms with E-state index in [0.29, 0.717) is 47.1 Å². The molecule has 0 bridgehead atoms. The van der Waals surface area contributed by atoms with Gasteiger partial charge in [0.1, 0.15) is 0 Å². The van der Waals surface area contributed by atoms with Crippen LogP contribution < -0.4 is 5.32 Å². The largest absolute Gasteiger partial charge is 0.469 e. The summed E-state index contributed by atoms with van der Waals surface area (Å²) in [7, 11) is -4.03. The highest BCUT2D eigenvalue weighted by atomic mass is 28.4. The third kappa shape index (κ3) is 16.5. The van der Waals surface area contributed by atoms with Gasteiger partial charge in [0.05, 0.1) is 35.8 Å². The summed E-state index contributed by atoms with van der Waals surface area (Å²) in [5.41, 5.74) is 2.75. The van der Waals surface area contributed by atoms with E-state index < -0.39 is 24.5 Å². The van der Waals surface area contributed by atoms with Crippen LogP contribution in [0.3, 0.4) is 0 Å². The lowest BCUT2D eigenvalue weighted by atomic mass is 9.91. The molecule has 0 radical (unpaired) electrons. The van der Waals surface area contributed by atoms with Gasteiger partial charge < -0.3 is 14.5 Å². The van der Waals surface area contributed by atoms with Crippen LogP contribution in [0.2, 0.25) is 67.0 Å². The average Bonchev–Trinajstić information content (AvgIpc) is 2.98. The lowest BCUT2D eigenvalue weighted by Crippen LogP contribution is -2.48. The summed E-state index contributed by atoms with van der Waals surface area (Å²) < 4.78 is 12.1. The van der Waals surface area contributed by atoms with Crippen LogP contribution in [0.5, 0.6) is 0 Å². The quantitative estimate of drug-likeness (QED) is 0.0443. The molecule has 0 aromatic carbocycles. The second kappa shape index (κ2) is 22.7. The molecule has 1 amide bonds. The number of nitrogens with one attached hydrogen (secondary N) is 1. The molecule has 0 aliphatic heterocycles. The second-order valence-corrected chi connectivity index (χ2v) is 32.4. The van der Waals surface area contributed by atoms with Crippen LogP contribution in [-0.4, -0.2) is 56.1 Å². The third-order valence-electron chi connectivity index (χ3n) is 11.8. The number of amides is 1. The number of rotatable bonds is 25. The zero-order valence-electron chi connectivity index (χ0n) is 33.8. The number of esters is 1. The molecule has 1 N–H and O–H groups in total. The Kier molecular flexibility index (Phi) is 22.2. The average molecular weight is 710 g/mol. The van der Waals surface area contributed by atoms with Crippen molar-refractivity contribution in [3.05, 3.63) is 24.3 Å². The number of hydrogen-bond acceptors (Lipinski definition) is 4. The molecule has 0 aromatic heterocycles. The summed E-state index contributed by atoms with van der Waals surface area (Å²) in [4.78, 5) is 25.2. The summed E-state index contributed by atoms with van der Waals surface area (Å²) in [6.07, 6.45) is 19.1. The second-order valence-electron chi connectivity index (χ2n) is 16.8. The Morgan fingerprint density at radius 2 is 1.38 bits per heavy atom. The predicted octanol–water partition coefficient (Wildman–Crippen LogP) is 11.9. The highest BCUT2D eigenvalue weighted by Gasteiger charge is 2.44. The van der Waals surface area contributed by atoms with E-state index in [-0.39, 0.29) is 23.9 Å². The number of unbranched alkanes of at least 4 members (excludes halogenated alkanes) is 3. The number of methoxy groups -OCH3 is 1. The van der Waals surface area contributed by atoms with Crippen molar-refractivity contribution in [1.29, 1.82) is 0 Å². The molecule has 0 saturated carbocycles. The van der Waals surface area contributed by atoms with Gasteiger partial charge in [-0.2, -0.15) is 0 Å². The van der Waals surface area contributed by atoms with Crippen molar-refractivity contribution in [2.75, 3.05) is 13.7 Å². The molecule has 47 heavy (non-hydrogen) atoms. The van der Waals surface area contributed by atoms with Gasteiger partial charge in [-0.1, -0.05) is 136 Å². The fraction of sp³-hybridized carbons (Fsp3) is 0.846. The first kappa shape index (κ1) is 46.0. The summed E-state index contributed by atoms with van der Waals surface area (Å²) in [6.45, 7) is 34.3. The third-order valence-corrected chi connectivity index (χ3v) is 26.1. The van der Waals surface area contributed by atoms with Crippen molar-refractivity contribution in [2.24, 2.45) is 5.92 Å². The first-order valence-electron chi connectivity index (χ1n) is 19.1. The van der Waals surface area contributed by atoms with E-state index in [1.54, 1.807) is 0 Å². The molecule has 4 atom stereocenters. The minimum atomic E-state index is -2.08. The van der Waals surface area contributed by atoms with E-state index in [4.69, 9.17) is 9.16 Å². The van der Waals surface area contributed by atoms with Gasteiger partial charge in [-0.3, -0.25) is 9.59 Å². The fourth-order valence-electron chi connectivity index (χ4n) is 6.03. The van der Waals surface area contributed by atoms with Crippen molar-refractivity contribution < 1.29 is 18.8 Å². The van der Waals surface area contributed by atoms with Crippen LogP contribution in [0.25, 0.3) is 0 Å². The minimum Gasteiger partial charge on any atom is -0.469 e. The van der Waals surface area contributed by atoms with Crippen molar-refractivity contribution in [2.45, 2.75) is 193 Å². The first-order valence-corrected chi connectivity index (χ1v) is 28.4. The SMILES string of the molecule is CCCCC[C@@H](/C=C/[C@H]([C@H](C/C=C\CCCC(=O)OC)[C@@H](CC(=O)NCCC)O[Si](C)(C)C(C)C)[Si](C)(C)C(C)C)[Si](C)(C)C(C)C. The van der Waals surface area contributed by atoms with E-state index in [0.717, 1.165) is 25.7 Å². The van der Waals surface area contributed by atoms with Gasteiger partial charge in [0.25, 0.3) is 0 Å². The Balaban J connectivity index is 7.14. The van der Waals surface area contributed by atoms with Crippen LogP contribution in [-0.2, 0) is 18.8 Å². The summed E-state index contributed by atoms with van der Waals surface area (Å²) in [5.74, 6) is 0.153. The van der Waals surface area contributed by atoms with Gasteiger partial charge in [0.2, 0.25) is 5.91 Å². The van der Waals surface area contributed by atoms with Gasteiger partial charge in [-0.15, -0.1) is 0 Å². The molecule has 0 aliphatic carbocycles. The van der Waals surface area contributed by atoms with Crippen molar-refractivity contribution in [1.82, 2.24) is 5.32 Å². The van der Waals surface area contributed by atoms with Crippen molar-refractivity contribution >= 4 is 36.3 Å². The first-order chi connectivity index (χ1) is 21.8. The molecule has 0 heterocycles. The van der Waals surface area contributed by atoms with Gasteiger partial charge in [-0.25, -0.2) is 0 Å². The number of hydrogen-bond donors (Lipinski definition) is 1. The molecule has 5 nitrogen and oxygen atoms in total. The maximum atomic E-state index is 13.5. The predicted molar refractivity (Wildman–Crippen MR) is 214 cm³/mol. The Hall–Kier alpha value is -0.969. The topological polar surface area (TPSA) is 64.6 Å². The zero-order chi connectivity index (χ0) is 36.4. The van der Waals surface area contributed by atoms with Gasteiger partial charge in [-0.05, 0) is 67.7 Å². The highest BCUT2D eigenvalue weighted by Crippen LogP contribution is 2.46. The van der Waals surface area contributed by atoms with E-state index in [1.807, 2.05) is 0 Å². The Labute approximate surface area is 296 Å². The van der Waals surface area contributed by atoms with Crippen LogP contribution >= 0.6 is 0 Å². The van der Waals surface area contributed by atoms with Crippen LogP contribution in [0.4, 0.5) is 0 Å². The lowest BCUT2D eigenvalue weighted by Gasteiger charge is -2.45. The zero-order valence-corrected chi connectivity index (χ0v) is 36.8. The van der Waals surface area contributed by atoms with Crippen molar-refractivity contribution in [3.63, 3.8) is 0 Å². The maximum absolute atomic E-state index is 13.5. The van der Waals surface area contributed by atoms with Gasteiger partial charge in [0, 0.05) is 13.0 Å². The molecule has 0 spiro atoms. The molecule has 0 aliphatic rings. The smallest absolute Gasteiger partial charge is 0.305 e. The minimum absolute atomic E-state index is 0.106. The molecule has 0 aromatic rings. The van der Waals surface area contributed by atoms with Gasteiger partial charge >= 0.3 is 5.97 Å². The van der Waals surface area contributed by atoms with E-state index in [1.165, 1.54) is 32.8 Å². The Morgan fingerprint density at radius 3 is 1.89 bits per heavy atom. The fourth-order valence-corrected chi connectivity index (χ4v) is 12.6. The standard InChI is InChI=1S/C39H79NO4Si3/c1-16-18-21-24-34(45(10,11)31(3)4)27-28-37(46(12,13)32(5)6)35(25-22-19-20-23-26-39(42)43-9)36(30-38(41)40-29-17-2)44-47(14,15)33(7)8/h19,22,27-28,31-37H,16-18,20-21,23-26,29-30H2,1-15H3,(H,40,41)/b22-19-,28-27+/t34-,35+,36+,37+/m0/s1. The van der Waals surface area contributed by atoms with Gasteiger partial charge in [0.15, 0.2) is 8.32 Å². The lowest BCUT2D eigenvalue weighted by molar-refractivity contribution is -0.140. The Morgan fingerprint density at radius 1 is 0.766 bits per heavy atom. The molecule has 0 unspecified atom stereocenters. The molecular formula is C39H79NO4Si3. The van der Waals surface area contributed by atoms with E-state index >= 15 is 0 Å². The van der Waals surface area contributed by atoms with E-state index in [2.05, 4.69) is 124 Å². The molecule has 276 valence electrons. The molecule has 0 rings (SSSR count). The summed E-state index contributed by atoms with van der Waals surface area (Å²) in [5, 5.41) is 3.18. The Bertz CT molecular complexity index is 943. The van der Waals surface area contributed by atoms with Crippen LogP contribution in [0.1, 0.15) is 120 Å². The maximum Gasteiger partial charge on any atom is 0.305 e. The van der Waals surface area contributed by atoms with Crippen molar-refractivity contribution in [3.8, 4) is 0 Å². The highest BCUT2D eigenvalue weighted by molar-refractivity contribution is 6.81. The number of ether oxygens (including phenoxy) is 1. The summed E-state index contributed by atoms with van der Waals surface area (Å²) in [6, 6.07) is 0. The summed E-state index contributed by atoms with van der Waals surface area (Å²) >= 11 is 0. The number of carbonyl (C=O) groups is 2. The molecular weight excluding hydrogens is 631 g/mol. The molecule has 8 heteroatoms. The van der Waals surface area contributed by atoms with E-state index in [9.17, 15) is 9.59 Å². The molecule has 0 fully saturated rings. The normalized spacial score (nSPS) is 16.0. The number of carbonyl (C=O) groups excluding carboxylic acids is 2. The van der Waals surface area contributed by atoms with Crippen LogP contribution in [0.15, 0.2) is 24.3 Å². The monoisotopic (exact) mass is 710 g/mol.